The van der Waals surface area contributed by atoms with Gasteiger partial charge in [0.05, 0.1) is 6.42 Å². The number of rotatable bonds is 5. The van der Waals surface area contributed by atoms with Crippen LogP contribution in [-0.2, 0) is 14.3 Å². The Morgan fingerprint density at radius 2 is 1.74 bits per heavy atom. The van der Waals surface area contributed by atoms with Crippen LogP contribution in [0.5, 0.6) is 28.7 Å². The number of aromatic hydroxyl groups is 3. The fraction of sp³-hybridized carbons (Fsp3) is 0.391. The molecule has 0 bridgehead atoms. The number of aliphatic hydroxyl groups is 3. The van der Waals surface area contributed by atoms with Crippen LogP contribution in [0.1, 0.15) is 35.4 Å². The Morgan fingerprint density at radius 3 is 2.43 bits per heavy atom. The van der Waals surface area contributed by atoms with Gasteiger partial charge in [-0.2, -0.15) is 0 Å². The highest BCUT2D eigenvalue weighted by atomic mass is 16.7. The van der Waals surface area contributed by atoms with Crippen LogP contribution < -0.4 is 9.47 Å². The summed E-state index contributed by atoms with van der Waals surface area (Å²) in [4.78, 5) is 23.8. The molecule has 0 aliphatic carbocycles. The minimum Gasteiger partial charge on any atom is -0.507 e. The van der Waals surface area contributed by atoms with Gasteiger partial charge in [0.15, 0.2) is 17.3 Å². The van der Waals surface area contributed by atoms with Crippen LogP contribution in [0.15, 0.2) is 30.3 Å². The van der Waals surface area contributed by atoms with E-state index < -0.39 is 66.7 Å². The summed E-state index contributed by atoms with van der Waals surface area (Å²) in [5.74, 6) is -2.42. The van der Waals surface area contributed by atoms with Gasteiger partial charge in [0, 0.05) is 19.1 Å². The lowest BCUT2D eigenvalue weighted by Gasteiger charge is -2.40. The third-order valence-corrected chi connectivity index (χ3v) is 5.72. The van der Waals surface area contributed by atoms with Crippen LogP contribution in [-0.4, -0.2) is 79.7 Å². The minimum atomic E-state index is -1.70. The number of fused-ring (bicyclic) bond motifs is 1. The maximum Gasteiger partial charge on any atom is 0.302 e. The van der Waals surface area contributed by atoms with Gasteiger partial charge in [-0.25, -0.2) is 0 Å². The summed E-state index contributed by atoms with van der Waals surface area (Å²) in [6, 6.07) is 6.34. The number of esters is 1. The molecule has 1 fully saturated rings. The van der Waals surface area contributed by atoms with Crippen molar-refractivity contribution in [3.05, 3.63) is 41.5 Å². The molecule has 2 aromatic rings. The Labute approximate surface area is 198 Å². The van der Waals surface area contributed by atoms with Gasteiger partial charge in [-0.3, -0.25) is 9.59 Å². The van der Waals surface area contributed by atoms with Crippen molar-refractivity contribution in [2.45, 2.75) is 50.2 Å². The molecule has 2 aliphatic rings. The number of carbonyl (C=O) groups is 2. The van der Waals surface area contributed by atoms with E-state index in [-0.39, 0.29) is 29.2 Å². The third-order valence-electron chi connectivity index (χ3n) is 5.72. The molecule has 2 aromatic carbocycles. The predicted octanol–water partition coefficient (Wildman–Crippen LogP) is 0.259. The van der Waals surface area contributed by atoms with E-state index in [9.17, 15) is 40.2 Å². The second kappa shape index (κ2) is 9.58. The summed E-state index contributed by atoms with van der Waals surface area (Å²) in [6.45, 7) is 0.743. The number of hydrogen-bond acceptors (Lipinski definition) is 12. The van der Waals surface area contributed by atoms with Gasteiger partial charge in [-0.15, -0.1) is 0 Å². The van der Waals surface area contributed by atoms with E-state index in [0.29, 0.717) is 5.56 Å². The minimum absolute atomic E-state index is 0.0452. The van der Waals surface area contributed by atoms with Gasteiger partial charge >= 0.3 is 5.97 Å². The lowest BCUT2D eigenvalue weighted by Crippen LogP contribution is -2.60. The van der Waals surface area contributed by atoms with Gasteiger partial charge in [0.25, 0.3) is 0 Å². The molecule has 6 N–H and O–H groups in total. The molecule has 0 saturated carbocycles. The van der Waals surface area contributed by atoms with Crippen molar-refractivity contribution in [1.29, 1.82) is 0 Å². The smallest absolute Gasteiger partial charge is 0.302 e. The summed E-state index contributed by atoms with van der Waals surface area (Å²) in [7, 11) is 0. The van der Waals surface area contributed by atoms with E-state index in [1.54, 1.807) is 0 Å². The zero-order valence-corrected chi connectivity index (χ0v) is 18.4. The van der Waals surface area contributed by atoms with E-state index in [4.69, 9.17) is 18.9 Å². The summed E-state index contributed by atoms with van der Waals surface area (Å²) in [5, 5.41) is 60.3. The Kier molecular flexibility index (Phi) is 6.72. The topological polar surface area (TPSA) is 192 Å². The highest BCUT2D eigenvalue weighted by molar-refractivity contribution is 6.02. The second-order valence-electron chi connectivity index (χ2n) is 8.23. The molecule has 4 rings (SSSR count). The molecular formula is C23H24O12. The number of ether oxygens (including phenoxy) is 4. The summed E-state index contributed by atoms with van der Waals surface area (Å²) in [5.41, 5.74) is 0.312. The van der Waals surface area contributed by atoms with Crippen LogP contribution >= 0.6 is 0 Å². The van der Waals surface area contributed by atoms with Crippen LogP contribution in [0, 0.1) is 0 Å². The van der Waals surface area contributed by atoms with Crippen molar-refractivity contribution in [2.75, 3.05) is 6.61 Å². The van der Waals surface area contributed by atoms with Gasteiger partial charge < -0.3 is 49.6 Å². The van der Waals surface area contributed by atoms with E-state index >= 15 is 0 Å². The largest absolute Gasteiger partial charge is 0.507 e. The predicted molar refractivity (Wildman–Crippen MR) is 114 cm³/mol. The zero-order chi connectivity index (χ0) is 25.4. The van der Waals surface area contributed by atoms with E-state index in [1.807, 2.05) is 0 Å². The van der Waals surface area contributed by atoms with Crippen LogP contribution in [0.2, 0.25) is 0 Å². The Balaban J connectivity index is 1.57. The molecule has 2 aliphatic heterocycles. The number of carbonyl (C=O) groups excluding carboxylic acids is 2. The quantitative estimate of drug-likeness (QED) is 0.247. The number of Topliss-reactive ketones (excluding diaryl/α,β-unsaturated/α-hetero) is 1. The number of phenols is 3. The average Bonchev–Trinajstić information content (AvgIpc) is 2.79. The van der Waals surface area contributed by atoms with Crippen molar-refractivity contribution in [2.24, 2.45) is 0 Å². The first-order valence-electron chi connectivity index (χ1n) is 10.6. The maximum atomic E-state index is 12.7. The first-order valence-corrected chi connectivity index (χ1v) is 10.6. The monoisotopic (exact) mass is 492 g/mol. The molecule has 0 amide bonds. The molecule has 12 nitrogen and oxygen atoms in total. The van der Waals surface area contributed by atoms with E-state index in [1.165, 1.54) is 24.3 Å². The molecule has 35 heavy (non-hydrogen) atoms. The lowest BCUT2D eigenvalue weighted by atomic mass is 9.95. The fourth-order valence-electron chi connectivity index (χ4n) is 3.89. The number of aliphatic hydroxyl groups excluding tert-OH is 3. The molecule has 0 radical (unpaired) electrons. The number of phenolic OH excluding ortho intramolecular Hbond substituents is 3. The number of benzene rings is 2. The highest BCUT2D eigenvalue weighted by Gasteiger charge is 2.45. The number of hydrogen-bond donors (Lipinski definition) is 6. The van der Waals surface area contributed by atoms with Crippen molar-refractivity contribution < 1.29 is 59.2 Å². The molecule has 0 aromatic heterocycles. The normalized spacial score (nSPS) is 28.1. The summed E-state index contributed by atoms with van der Waals surface area (Å²) in [6.07, 6.45) is -8.68. The maximum absolute atomic E-state index is 12.7. The third kappa shape index (κ3) is 4.95. The van der Waals surface area contributed by atoms with Crippen molar-refractivity contribution in [3.8, 4) is 28.7 Å². The zero-order valence-electron chi connectivity index (χ0n) is 18.4. The molecule has 6 atom stereocenters. The van der Waals surface area contributed by atoms with Crippen LogP contribution in [0.4, 0.5) is 0 Å². The van der Waals surface area contributed by atoms with Crippen molar-refractivity contribution in [1.82, 2.24) is 0 Å². The standard InChI is InChI=1S/C23H24O12/c1-9(24)32-8-18-20(29)21(30)22(31)23(35-18)33-11-5-14(27)19-15(28)7-16(34-17(19)6-11)10-2-3-12(25)13(26)4-10/h2-6,16,18,20-23,25-27,29-31H,7-8H2,1H3/t16?,18?,20-,21+,22?,23-/m1/s1. The van der Waals surface area contributed by atoms with Crippen molar-refractivity contribution >= 4 is 11.8 Å². The molecular weight excluding hydrogens is 468 g/mol. The summed E-state index contributed by atoms with van der Waals surface area (Å²) >= 11 is 0. The average molecular weight is 492 g/mol. The van der Waals surface area contributed by atoms with Gasteiger partial charge in [0.2, 0.25) is 6.29 Å². The Bertz CT molecular complexity index is 1130. The van der Waals surface area contributed by atoms with Crippen LogP contribution in [0.25, 0.3) is 0 Å². The van der Waals surface area contributed by atoms with Gasteiger partial charge in [0.1, 0.15) is 59.9 Å². The molecule has 12 heteroatoms. The van der Waals surface area contributed by atoms with Gasteiger partial charge in [-0.1, -0.05) is 6.07 Å². The second-order valence-corrected chi connectivity index (χ2v) is 8.23. The Morgan fingerprint density at radius 1 is 1.00 bits per heavy atom. The Hall–Kier alpha value is -3.58. The first kappa shape index (κ1) is 24.5. The van der Waals surface area contributed by atoms with E-state index in [0.717, 1.165) is 13.0 Å². The van der Waals surface area contributed by atoms with Crippen molar-refractivity contribution in [3.63, 3.8) is 0 Å². The lowest BCUT2D eigenvalue weighted by molar-refractivity contribution is -0.278. The molecule has 188 valence electrons. The SMILES string of the molecule is CC(=O)OCC1O[C@@H](Oc2cc(O)c3c(c2)OC(c2ccc(O)c(O)c2)CC3=O)C(O)[C@@H](O)[C@@H]1O. The van der Waals surface area contributed by atoms with Gasteiger partial charge in [-0.05, 0) is 17.7 Å². The van der Waals surface area contributed by atoms with E-state index in [2.05, 4.69) is 0 Å². The van der Waals surface area contributed by atoms with Crippen LogP contribution in [0.3, 0.4) is 0 Å². The molecule has 1 saturated heterocycles. The molecule has 0 spiro atoms. The highest BCUT2D eigenvalue weighted by Crippen LogP contribution is 2.43. The summed E-state index contributed by atoms with van der Waals surface area (Å²) < 4.78 is 21.7. The fourth-order valence-corrected chi connectivity index (χ4v) is 3.89. The first-order chi connectivity index (χ1) is 16.5. The molecule has 3 unspecified atom stereocenters. The number of ketones is 1. The molecule has 2 heterocycles.